The Morgan fingerprint density at radius 3 is 2.67 bits per heavy atom. The molecule has 1 aromatic heterocycles. The fraction of sp³-hybridized carbons (Fsp3) is 0.400. The van der Waals surface area contributed by atoms with Gasteiger partial charge in [0.1, 0.15) is 5.78 Å². The van der Waals surface area contributed by atoms with Crippen LogP contribution in [0.15, 0.2) is 38.2 Å². The van der Waals surface area contributed by atoms with Crippen LogP contribution in [-0.4, -0.2) is 15.9 Å². The number of halogens is 1. The Morgan fingerprint density at radius 1 is 1.24 bits per heavy atom. The van der Waals surface area contributed by atoms with E-state index >= 15 is 0 Å². The zero-order valence-electron chi connectivity index (χ0n) is 11.4. The van der Waals surface area contributed by atoms with E-state index in [0.717, 1.165) is 23.1 Å². The van der Waals surface area contributed by atoms with Gasteiger partial charge in [0.25, 0.3) is 0 Å². The summed E-state index contributed by atoms with van der Waals surface area (Å²) < 4.78 is 6.42. The first-order chi connectivity index (χ1) is 10.2. The minimum Gasteiger partial charge on any atom is -0.339 e. The molecule has 0 N–H and O–H groups in total. The molecule has 1 aliphatic rings. The van der Waals surface area contributed by atoms with Crippen molar-refractivity contribution in [3.05, 3.63) is 40.5 Å². The highest BCUT2D eigenvalue weighted by molar-refractivity contribution is 9.10. The molecule has 1 heterocycles. The number of carbonyl (C=O) groups is 1. The van der Waals surface area contributed by atoms with Crippen molar-refractivity contribution in [2.75, 3.05) is 0 Å². The molecular formula is C15H15BrN2O2S. The van der Waals surface area contributed by atoms with E-state index in [2.05, 4.69) is 38.2 Å². The number of rotatable bonds is 4. The first-order valence-electron chi connectivity index (χ1n) is 6.93. The van der Waals surface area contributed by atoms with Gasteiger partial charge in [-0.25, -0.2) is 0 Å². The third kappa shape index (κ3) is 3.95. The fourth-order valence-corrected chi connectivity index (χ4v) is 3.36. The maximum atomic E-state index is 11.3. The Bertz CT molecular complexity index is 617. The third-order valence-corrected chi connectivity index (χ3v) is 5.09. The second-order valence-corrected chi connectivity index (χ2v) is 7.07. The van der Waals surface area contributed by atoms with Crippen LogP contribution < -0.4 is 0 Å². The van der Waals surface area contributed by atoms with Gasteiger partial charge in [-0.05, 0) is 37.1 Å². The van der Waals surface area contributed by atoms with Crippen LogP contribution in [0, 0.1) is 0 Å². The lowest BCUT2D eigenvalue weighted by atomic mass is 9.88. The van der Waals surface area contributed by atoms with E-state index in [-0.39, 0.29) is 5.92 Å². The van der Waals surface area contributed by atoms with E-state index in [9.17, 15) is 4.79 Å². The van der Waals surface area contributed by atoms with Gasteiger partial charge in [-0.1, -0.05) is 21.1 Å². The summed E-state index contributed by atoms with van der Waals surface area (Å²) in [5.74, 6) is 2.69. The number of Topliss-reactive ketones (excluding diaryl/α,β-unsaturated/α-hetero) is 1. The van der Waals surface area contributed by atoms with Crippen LogP contribution in [0.25, 0.3) is 0 Å². The zero-order chi connectivity index (χ0) is 14.7. The molecule has 2 aromatic rings. The highest BCUT2D eigenvalue weighted by Crippen LogP contribution is 2.31. The molecule has 1 fully saturated rings. The fourth-order valence-electron chi connectivity index (χ4n) is 2.36. The lowest BCUT2D eigenvalue weighted by molar-refractivity contribution is -0.120. The smallest absolute Gasteiger partial charge is 0.229 e. The lowest BCUT2D eigenvalue weighted by Gasteiger charge is -2.16. The highest BCUT2D eigenvalue weighted by Gasteiger charge is 2.24. The molecule has 0 aliphatic heterocycles. The molecule has 21 heavy (non-hydrogen) atoms. The number of aromatic nitrogens is 2. The number of carbonyl (C=O) groups excluding carboxylic acids is 1. The molecule has 0 amide bonds. The van der Waals surface area contributed by atoms with Crippen LogP contribution in [0.5, 0.6) is 0 Å². The average Bonchev–Trinajstić information content (AvgIpc) is 2.96. The van der Waals surface area contributed by atoms with Crippen LogP contribution >= 0.6 is 27.7 Å². The molecule has 0 atom stereocenters. The van der Waals surface area contributed by atoms with Gasteiger partial charge >= 0.3 is 0 Å². The molecule has 1 saturated carbocycles. The number of hydrogen-bond donors (Lipinski definition) is 0. The Morgan fingerprint density at radius 2 is 1.95 bits per heavy atom. The molecule has 4 nitrogen and oxygen atoms in total. The highest BCUT2D eigenvalue weighted by atomic mass is 79.9. The van der Waals surface area contributed by atoms with Crippen LogP contribution in [0.3, 0.4) is 0 Å². The first kappa shape index (κ1) is 14.8. The van der Waals surface area contributed by atoms with Gasteiger partial charge in [0.2, 0.25) is 5.89 Å². The van der Waals surface area contributed by atoms with Crippen molar-refractivity contribution < 1.29 is 9.32 Å². The van der Waals surface area contributed by atoms with Crippen molar-refractivity contribution in [2.24, 2.45) is 0 Å². The summed E-state index contributed by atoms with van der Waals surface area (Å²) >= 11 is 5.10. The van der Waals surface area contributed by atoms with Gasteiger partial charge in [-0.2, -0.15) is 4.98 Å². The predicted octanol–water partition coefficient (Wildman–Crippen LogP) is 4.35. The van der Waals surface area contributed by atoms with Crippen molar-refractivity contribution in [2.45, 2.75) is 42.2 Å². The first-order valence-corrected chi connectivity index (χ1v) is 8.71. The largest absolute Gasteiger partial charge is 0.339 e. The molecule has 0 bridgehead atoms. The van der Waals surface area contributed by atoms with Crippen LogP contribution in [0.1, 0.15) is 43.3 Å². The van der Waals surface area contributed by atoms with E-state index in [1.54, 1.807) is 11.8 Å². The summed E-state index contributed by atoms with van der Waals surface area (Å²) in [6.07, 6.45) is 2.94. The summed E-state index contributed by atoms with van der Waals surface area (Å²) in [4.78, 5) is 16.9. The van der Waals surface area contributed by atoms with Crippen molar-refractivity contribution >= 4 is 33.5 Å². The quantitative estimate of drug-likeness (QED) is 0.752. The number of thioether (sulfide) groups is 1. The molecule has 3 rings (SSSR count). The van der Waals surface area contributed by atoms with E-state index in [1.807, 2.05) is 12.1 Å². The summed E-state index contributed by atoms with van der Waals surface area (Å²) in [7, 11) is 0. The average molecular weight is 367 g/mol. The van der Waals surface area contributed by atoms with Gasteiger partial charge < -0.3 is 4.52 Å². The van der Waals surface area contributed by atoms with E-state index < -0.39 is 0 Å². The number of hydrogen-bond acceptors (Lipinski definition) is 5. The van der Waals surface area contributed by atoms with Crippen LogP contribution in [0.2, 0.25) is 0 Å². The molecule has 6 heteroatoms. The molecule has 0 spiro atoms. The van der Waals surface area contributed by atoms with Gasteiger partial charge in [0.05, 0.1) is 5.75 Å². The molecule has 1 aromatic carbocycles. The Balaban J connectivity index is 1.57. The topological polar surface area (TPSA) is 56.0 Å². The van der Waals surface area contributed by atoms with Crippen molar-refractivity contribution in [1.82, 2.24) is 10.1 Å². The molecule has 0 saturated heterocycles. The van der Waals surface area contributed by atoms with Crippen LogP contribution in [0.4, 0.5) is 0 Å². The lowest BCUT2D eigenvalue weighted by Crippen LogP contribution is -2.12. The molecule has 1 aliphatic carbocycles. The second kappa shape index (κ2) is 6.75. The molecule has 0 radical (unpaired) electrons. The maximum Gasteiger partial charge on any atom is 0.229 e. The summed E-state index contributed by atoms with van der Waals surface area (Å²) in [5.41, 5.74) is 0. The Kier molecular flexibility index (Phi) is 4.75. The number of benzene rings is 1. The summed E-state index contributed by atoms with van der Waals surface area (Å²) in [6, 6.07) is 8.15. The third-order valence-electron chi connectivity index (χ3n) is 3.56. The summed E-state index contributed by atoms with van der Waals surface area (Å²) in [5, 5.41) is 4.04. The summed E-state index contributed by atoms with van der Waals surface area (Å²) in [6.45, 7) is 0. The van der Waals surface area contributed by atoms with Gasteiger partial charge in [0.15, 0.2) is 5.82 Å². The van der Waals surface area contributed by atoms with Crippen molar-refractivity contribution in [3.8, 4) is 0 Å². The van der Waals surface area contributed by atoms with Crippen molar-refractivity contribution in [3.63, 3.8) is 0 Å². The zero-order valence-corrected chi connectivity index (χ0v) is 13.8. The minimum absolute atomic E-state index is 0.252. The molecular weight excluding hydrogens is 352 g/mol. The minimum atomic E-state index is 0.252. The molecule has 110 valence electrons. The predicted molar refractivity (Wildman–Crippen MR) is 84.2 cm³/mol. The van der Waals surface area contributed by atoms with E-state index in [0.29, 0.717) is 30.3 Å². The second-order valence-electron chi connectivity index (χ2n) is 5.10. The Labute approximate surface area is 135 Å². The molecule has 0 unspecified atom stereocenters. The number of nitrogens with zero attached hydrogens (tertiary/aromatic N) is 2. The maximum absolute atomic E-state index is 11.3. The van der Waals surface area contributed by atoms with E-state index in [4.69, 9.17) is 4.52 Å². The Hall–Kier alpha value is -1.14. The van der Waals surface area contributed by atoms with Crippen molar-refractivity contribution in [1.29, 1.82) is 0 Å². The SMILES string of the molecule is O=C1CCC(c2nc(CSc3ccc(Br)cc3)no2)CC1. The number of ketones is 1. The van der Waals surface area contributed by atoms with Gasteiger partial charge in [-0.15, -0.1) is 11.8 Å². The standard InChI is InChI=1S/C15H15BrN2O2S/c16-11-3-7-13(8-4-11)21-9-14-17-15(20-18-14)10-1-5-12(19)6-2-10/h3-4,7-8,10H,1-2,5-6,9H2. The van der Waals surface area contributed by atoms with E-state index in [1.165, 1.54) is 4.90 Å². The normalized spacial score (nSPS) is 16.3. The monoisotopic (exact) mass is 366 g/mol. The van der Waals surface area contributed by atoms with Gasteiger partial charge in [-0.3, -0.25) is 4.79 Å². The van der Waals surface area contributed by atoms with Gasteiger partial charge in [0, 0.05) is 28.1 Å². The van der Waals surface area contributed by atoms with Crippen LogP contribution in [-0.2, 0) is 10.5 Å².